The van der Waals surface area contributed by atoms with Gasteiger partial charge < -0.3 is 0 Å². The van der Waals surface area contributed by atoms with Gasteiger partial charge in [-0.15, -0.1) is 0 Å². The van der Waals surface area contributed by atoms with Crippen molar-refractivity contribution in [2.24, 2.45) is 0 Å². The average molecular weight is 653 g/mol. The second-order valence-electron chi connectivity index (χ2n) is 11.9. The van der Waals surface area contributed by atoms with Gasteiger partial charge in [0.05, 0.1) is 0 Å². The molecule has 0 unspecified atom stereocenters. The van der Waals surface area contributed by atoms with Crippen molar-refractivity contribution in [3.63, 3.8) is 0 Å². The van der Waals surface area contributed by atoms with Crippen LogP contribution in [0.25, 0.3) is 0 Å². The van der Waals surface area contributed by atoms with Crippen molar-refractivity contribution < 1.29 is 28.1 Å². The average Bonchev–Trinajstić information content (AvgIpc) is 2.91. The SMILES string of the molecule is CC(C)(C)c1cc(C(C)(C)C)c([P]=[WH])c(C(C)(C)C)c1.C[C]1C(C)=C(C)C(C)=C1C.[C-]#[O+].[C-]#[O+]. The third-order valence-corrected chi connectivity index (χ3v) is 9.34. The van der Waals surface area contributed by atoms with E-state index < -0.39 is 0 Å². The van der Waals surface area contributed by atoms with Crippen LogP contribution in [0.4, 0.5) is 0 Å². The summed E-state index contributed by atoms with van der Waals surface area (Å²) < 4.78 is 15.0. The second-order valence-corrected chi connectivity index (χ2v) is 14.7. The molecule has 0 aliphatic heterocycles. The Kier molecular flexibility index (Phi) is 14.6. The quantitative estimate of drug-likeness (QED) is 0.166. The van der Waals surface area contributed by atoms with Crippen LogP contribution in [0, 0.1) is 19.2 Å². The van der Waals surface area contributed by atoms with Crippen LogP contribution < -0.4 is 5.30 Å². The summed E-state index contributed by atoms with van der Waals surface area (Å²) in [6.45, 7) is 41.0. The van der Waals surface area contributed by atoms with Gasteiger partial charge in [-0.05, 0) is 38.8 Å². The molecule has 0 N–H and O–H groups in total. The van der Waals surface area contributed by atoms with E-state index in [1.54, 1.807) is 16.4 Å². The summed E-state index contributed by atoms with van der Waals surface area (Å²) in [5.74, 6) is 1.47. The molecule has 2 rings (SSSR count). The zero-order chi connectivity index (χ0) is 27.8. The van der Waals surface area contributed by atoms with Gasteiger partial charge in [-0.1, -0.05) is 18.1 Å². The van der Waals surface area contributed by atoms with Crippen molar-refractivity contribution in [3.8, 4) is 0 Å². The molecule has 1 aromatic rings. The zero-order valence-corrected chi connectivity index (χ0v) is 28.0. The molecule has 0 heterocycles. The molecule has 1 aromatic carbocycles. The molecule has 1 aliphatic carbocycles. The number of allylic oxidation sites excluding steroid dienone is 4. The van der Waals surface area contributed by atoms with Crippen LogP contribution in [0.15, 0.2) is 34.4 Å². The van der Waals surface area contributed by atoms with Crippen LogP contribution in [0.5, 0.6) is 0 Å². The molecule has 1 aliphatic rings. The van der Waals surface area contributed by atoms with Crippen LogP contribution in [0.2, 0.25) is 0 Å². The van der Waals surface area contributed by atoms with Crippen molar-refractivity contribution in [2.45, 2.75) is 113 Å². The molecule has 0 saturated carbocycles. The van der Waals surface area contributed by atoms with Crippen LogP contribution in [0.3, 0.4) is 0 Å². The molecule has 0 amide bonds. The first-order valence-electron chi connectivity index (χ1n) is 11.5. The third kappa shape index (κ3) is 9.32. The first kappa shape index (κ1) is 35.3. The fraction of sp³-hybridized carbons (Fsp3) is 0.567. The Morgan fingerprint density at radius 2 is 0.882 bits per heavy atom. The summed E-state index contributed by atoms with van der Waals surface area (Å²) in [5, 5.41) is 1.58. The molecule has 0 bridgehead atoms. The number of benzene rings is 1. The second kappa shape index (κ2) is 14.0. The number of hydrogen-bond donors (Lipinski definition) is 0. The summed E-state index contributed by atoms with van der Waals surface area (Å²) in [7, 11) is 0. The minimum atomic E-state index is 0.207. The molecule has 34 heavy (non-hydrogen) atoms. The molecule has 0 fully saturated rings. The molecule has 0 aromatic heterocycles. The van der Waals surface area contributed by atoms with Crippen molar-refractivity contribution in [2.75, 3.05) is 0 Å². The minimum absolute atomic E-state index is 0.207. The molecule has 0 spiro atoms. The number of rotatable bonds is 1. The summed E-state index contributed by atoms with van der Waals surface area (Å²) in [5.41, 5.74) is 11.1. The van der Waals surface area contributed by atoms with E-state index in [-0.39, 0.29) is 16.2 Å². The van der Waals surface area contributed by atoms with Gasteiger partial charge in [0.15, 0.2) is 0 Å². The van der Waals surface area contributed by atoms with E-state index in [1.165, 1.54) is 58.8 Å². The van der Waals surface area contributed by atoms with Gasteiger partial charge in [-0.3, -0.25) is 0 Å². The maximum atomic E-state index is 7.50. The Morgan fingerprint density at radius 1 is 0.588 bits per heavy atom. The predicted octanol–water partition coefficient (Wildman–Crippen LogP) is 8.54. The first-order chi connectivity index (χ1) is 15.3. The van der Waals surface area contributed by atoms with Gasteiger partial charge in [0.1, 0.15) is 0 Å². The van der Waals surface area contributed by atoms with Gasteiger partial charge in [-0.2, -0.15) is 0 Å². The number of hydrogen-bond acceptors (Lipinski definition) is 0. The molecule has 188 valence electrons. The van der Waals surface area contributed by atoms with Crippen LogP contribution in [0.1, 0.15) is 114 Å². The Hall–Kier alpha value is -0.832. The fourth-order valence-corrected chi connectivity index (χ4v) is 7.06. The van der Waals surface area contributed by atoms with E-state index in [0.717, 1.165) is 0 Å². The standard InChI is InChI=1S/C18H29P.C10H15.2CO.W.H/c1-16(2,3)12-10-13(17(4,5)6)15(19)14(11-12)18(7,8)9;1-6-7(2)9(4)10(5)8(6)3;2*1-2;;/h10-11H,1-9H3;1-5H3;;;;. The maximum absolute atomic E-state index is 7.50. The Balaban J connectivity index is 0. The van der Waals surface area contributed by atoms with E-state index in [9.17, 15) is 0 Å². The van der Waals surface area contributed by atoms with E-state index in [1.807, 2.05) is 0 Å². The molecule has 0 atom stereocenters. The van der Waals surface area contributed by atoms with Gasteiger partial charge >= 0.3 is 160 Å². The molecular formula is C30H45O2PW. The topological polar surface area (TPSA) is 39.8 Å². The van der Waals surface area contributed by atoms with E-state index in [4.69, 9.17) is 9.30 Å². The summed E-state index contributed by atoms with van der Waals surface area (Å²) in [4.78, 5) is 0. The molecule has 4 heteroatoms. The first-order valence-corrected chi connectivity index (χ1v) is 16.6. The van der Waals surface area contributed by atoms with Crippen molar-refractivity contribution >= 4 is 11.5 Å². The third-order valence-electron chi connectivity index (χ3n) is 6.50. The van der Waals surface area contributed by atoms with Gasteiger partial charge in [-0.25, -0.2) is 0 Å². The van der Waals surface area contributed by atoms with E-state index in [2.05, 4.69) is 122 Å². The van der Waals surface area contributed by atoms with Gasteiger partial charge in [0.25, 0.3) is 0 Å². The fourth-order valence-electron chi connectivity index (χ4n) is 3.72. The van der Waals surface area contributed by atoms with Crippen molar-refractivity contribution in [3.05, 3.63) is 70.3 Å². The normalized spacial score (nSPS) is 14.5. The van der Waals surface area contributed by atoms with E-state index in [0.29, 0.717) is 0 Å². The molecule has 0 saturated heterocycles. The van der Waals surface area contributed by atoms with Gasteiger partial charge in [0.2, 0.25) is 0 Å². The Bertz CT molecular complexity index is 890. The van der Waals surface area contributed by atoms with Crippen LogP contribution in [-0.2, 0) is 44.4 Å². The Morgan fingerprint density at radius 3 is 1.03 bits per heavy atom. The summed E-state index contributed by atoms with van der Waals surface area (Å²) in [6, 6.07) is 4.93. The molecule has 2 nitrogen and oxygen atoms in total. The summed E-state index contributed by atoms with van der Waals surface area (Å²) >= 11 is 1.41. The van der Waals surface area contributed by atoms with Crippen molar-refractivity contribution in [1.82, 2.24) is 0 Å². The molecular weight excluding hydrogens is 607 g/mol. The monoisotopic (exact) mass is 652 g/mol. The molecule has 1 radical (unpaired) electrons. The van der Waals surface area contributed by atoms with Crippen molar-refractivity contribution in [1.29, 1.82) is 0 Å². The predicted molar refractivity (Wildman–Crippen MR) is 144 cm³/mol. The van der Waals surface area contributed by atoms with Gasteiger partial charge in [0, 0.05) is 5.92 Å². The Labute approximate surface area is 222 Å². The van der Waals surface area contributed by atoms with Crippen LogP contribution >= 0.6 is 6.21 Å². The summed E-state index contributed by atoms with van der Waals surface area (Å²) in [6.07, 6.45) is 1.49. The van der Waals surface area contributed by atoms with Crippen LogP contribution in [-0.4, -0.2) is 0 Å². The van der Waals surface area contributed by atoms with E-state index >= 15 is 0 Å². The zero-order valence-electron chi connectivity index (χ0n) is 23.9.